The highest BCUT2D eigenvalue weighted by atomic mass is 16.8. The molecule has 0 N–H and O–H groups in total. The van der Waals surface area contributed by atoms with E-state index in [0.29, 0.717) is 51.2 Å². The van der Waals surface area contributed by atoms with Gasteiger partial charge in [-0.15, -0.1) is 0 Å². The van der Waals surface area contributed by atoms with Gasteiger partial charge in [-0.25, -0.2) is 0 Å². The average Bonchev–Trinajstić information content (AvgIpc) is 3.14. The molecule has 7 nitrogen and oxygen atoms in total. The molecular weight excluding hydrogens is 640 g/mol. The van der Waals surface area contributed by atoms with Crippen LogP contribution in [0, 0.1) is 0 Å². The zero-order chi connectivity index (χ0) is 37.6. The molecule has 0 aliphatic carbocycles. The summed E-state index contributed by atoms with van der Waals surface area (Å²) in [6.07, 6.45) is 24.3. The molecule has 0 amide bonds. The lowest BCUT2D eigenvalue weighted by molar-refractivity contribution is -0.243. The van der Waals surface area contributed by atoms with E-state index in [9.17, 15) is 0 Å². The third-order valence-electron chi connectivity index (χ3n) is 8.66. The fourth-order valence-electron chi connectivity index (χ4n) is 5.65. The second-order valence-electron chi connectivity index (χ2n) is 14.0. The van der Waals surface area contributed by atoms with Crippen molar-refractivity contribution >= 4 is 0 Å². The molecule has 0 bridgehead atoms. The van der Waals surface area contributed by atoms with E-state index in [-0.39, 0.29) is 0 Å². The van der Waals surface area contributed by atoms with Crippen LogP contribution in [0.15, 0.2) is 23.0 Å². The quantitative estimate of drug-likeness (QED) is 0.0354. The summed E-state index contributed by atoms with van der Waals surface area (Å²) in [6.45, 7) is 21.0. The minimum Gasteiger partial charge on any atom is -0.494 e. The van der Waals surface area contributed by atoms with E-state index < -0.39 is 12.6 Å². The molecule has 51 heavy (non-hydrogen) atoms. The molecular formula is C44H86O7. The van der Waals surface area contributed by atoms with E-state index in [0.717, 1.165) is 114 Å². The first kappa shape index (κ1) is 49.6. The van der Waals surface area contributed by atoms with E-state index in [1.54, 1.807) is 0 Å². The summed E-state index contributed by atoms with van der Waals surface area (Å²) >= 11 is 0. The van der Waals surface area contributed by atoms with Crippen LogP contribution >= 0.6 is 0 Å². The summed E-state index contributed by atoms with van der Waals surface area (Å²) in [5, 5.41) is 0. The molecule has 0 aromatic carbocycles. The number of rotatable bonds is 40. The van der Waals surface area contributed by atoms with Gasteiger partial charge in [0.05, 0.1) is 39.6 Å². The Hall–Kier alpha value is -1.44. The van der Waals surface area contributed by atoms with Crippen molar-refractivity contribution in [2.75, 3.05) is 39.6 Å². The van der Waals surface area contributed by atoms with Crippen LogP contribution in [0.1, 0.15) is 209 Å². The van der Waals surface area contributed by atoms with Crippen LogP contribution < -0.4 is 0 Å². The van der Waals surface area contributed by atoms with E-state index in [4.69, 9.17) is 33.2 Å². The topological polar surface area (TPSA) is 64.6 Å². The summed E-state index contributed by atoms with van der Waals surface area (Å²) in [4.78, 5) is 0. The Morgan fingerprint density at radius 2 is 0.627 bits per heavy atom. The number of unbranched alkanes of at least 4 members (excludes halogenated alkanes) is 14. The first-order chi connectivity index (χ1) is 25.1. The molecule has 0 aromatic heterocycles. The lowest BCUT2D eigenvalue weighted by Crippen LogP contribution is -2.34. The van der Waals surface area contributed by atoms with Gasteiger partial charge in [-0.1, -0.05) is 145 Å². The van der Waals surface area contributed by atoms with E-state index in [2.05, 4.69) is 55.4 Å². The van der Waals surface area contributed by atoms with Gasteiger partial charge in [0.25, 0.3) is 0 Å². The molecule has 0 saturated heterocycles. The van der Waals surface area contributed by atoms with Crippen molar-refractivity contribution in [3.05, 3.63) is 23.0 Å². The first-order valence-electron chi connectivity index (χ1n) is 21.9. The van der Waals surface area contributed by atoms with Crippen LogP contribution in [0.4, 0.5) is 0 Å². The summed E-state index contributed by atoms with van der Waals surface area (Å²) in [5.74, 6) is 2.98. The second-order valence-corrected chi connectivity index (χ2v) is 14.0. The Labute approximate surface area is 317 Å². The van der Waals surface area contributed by atoms with Gasteiger partial charge in [-0.3, -0.25) is 0 Å². The molecule has 0 aromatic rings. The number of hydrogen-bond acceptors (Lipinski definition) is 7. The van der Waals surface area contributed by atoms with E-state index in [1.165, 1.54) is 51.4 Å². The zero-order valence-electron chi connectivity index (χ0n) is 35.2. The fraction of sp³-hybridized carbons (Fsp3) is 0.909. The molecule has 0 aliphatic heterocycles. The SMILES string of the molecule is CCCCCCCCOC(OC(OCCCCCCCC)C(OCCC)=C(CCCCC)OCCC)C(OCCC)=C(CCCCC)OCCC. The summed E-state index contributed by atoms with van der Waals surface area (Å²) < 4.78 is 46.5. The predicted octanol–water partition coefficient (Wildman–Crippen LogP) is 13.7. The second kappa shape index (κ2) is 38.3. The Balaban J connectivity index is 6.93. The minimum absolute atomic E-state index is 0.558. The molecule has 304 valence electrons. The monoisotopic (exact) mass is 727 g/mol. The van der Waals surface area contributed by atoms with Crippen molar-refractivity contribution in [1.82, 2.24) is 0 Å². The highest BCUT2D eigenvalue weighted by Crippen LogP contribution is 2.29. The predicted molar refractivity (Wildman–Crippen MR) is 215 cm³/mol. The van der Waals surface area contributed by atoms with E-state index >= 15 is 0 Å². The molecule has 2 atom stereocenters. The first-order valence-corrected chi connectivity index (χ1v) is 21.9. The molecule has 0 fully saturated rings. The molecule has 0 saturated carbocycles. The molecule has 0 rings (SSSR count). The maximum atomic E-state index is 7.02. The Bertz CT molecular complexity index is 732. The fourth-order valence-corrected chi connectivity index (χ4v) is 5.65. The Kier molecular flexibility index (Phi) is 37.2. The van der Waals surface area contributed by atoms with Gasteiger partial charge in [0, 0.05) is 12.8 Å². The van der Waals surface area contributed by atoms with Crippen LogP contribution in [-0.4, -0.2) is 52.2 Å². The van der Waals surface area contributed by atoms with Gasteiger partial charge in [0.1, 0.15) is 11.5 Å². The van der Waals surface area contributed by atoms with Crippen molar-refractivity contribution in [3.63, 3.8) is 0 Å². The summed E-state index contributed by atoms with van der Waals surface area (Å²) in [6, 6.07) is 0. The lowest BCUT2D eigenvalue weighted by atomic mass is 10.1. The number of ether oxygens (including phenoxy) is 7. The maximum Gasteiger partial charge on any atom is 0.223 e. The Morgan fingerprint density at radius 3 is 0.980 bits per heavy atom. The van der Waals surface area contributed by atoms with E-state index in [1.807, 2.05) is 0 Å². The number of allylic oxidation sites excluding steroid dienone is 2. The van der Waals surface area contributed by atoms with Gasteiger partial charge in [-0.2, -0.15) is 0 Å². The highest BCUT2D eigenvalue weighted by molar-refractivity contribution is 5.09. The van der Waals surface area contributed by atoms with Crippen LogP contribution in [-0.2, 0) is 33.2 Å². The number of hydrogen-bond donors (Lipinski definition) is 0. The standard InChI is InChI=1S/C44H86O7/c1-9-17-21-23-25-29-37-49-43(41(47-35-15-7)39(45-33-13-5)31-27-19-11-3)51-44(50-38-30-26-24-22-18-10-2)42(48-36-16-8)40(46-34-14-6)32-28-20-12-4/h43-44H,9-38H2,1-8H3. The summed E-state index contributed by atoms with van der Waals surface area (Å²) in [7, 11) is 0. The smallest absolute Gasteiger partial charge is 0.223 e. The molecule has 0 spiro atoms. The van der Waals surface area contributed by atoms with Gasteiger partial charge in [0.2, 0.25) is 12.6 Å². The van der Waals surface area contributed by atoms with Crippen molar-refractivity contribution in [3.8, 4) is 0 Å². The van der Waals surface area contributed by atoms with Gasteiger partial charge in [0.15, 0.2) is 11.5 Å². The minimum atomic E-state index is -0.793. The van der Waals surface area contributed by atoms with Gasteiger partial charge < -0.3 is 33.2 Å². The largest absolute Gasteiger partial charge is 0.494 e. The maximum absolute atomic E-state index is 7.02. The normalized spacial score (nSPS) is 13.8. The van der Waals surface area contributed by atoms with Crippen LogP contribution in [0.3, 0.4) is 0 Å². The zero-order valence-corrected chi connectivity index (χ0v) is 35.2. The highest BCUT2D eigenvalue weighted by Gasteiger charge is 2.32. The van der Waals surface area contributed by atoms with Gasteiger partial charge >= 0.3 is 0 Å². The third kappa shape index (κ3) is 26.9. The van der Waals surface area contributed by atoms with Crippen molar-refractivity contribution < 1.29 is 33.2 Å². The average molecular weight is 727 g/mol. The molecule has 7 heteroatoms. The van der Waals surface area contributed by atoms with Crippen molar-refractivity contribution in [2.24, 2.45) is 0 Å². The van der Waals surface area contributed by atoms with Crippen LogP contribution in [0.2, 0.25) is 0 Å². The third-order valence-corrected chi connectivity index (χ3v) is 8.66. The van der Waals surface area contributed by atoms with Crippen LogP contribution in [0.5, 0.6) is 0 Å². The summed E-state index contributed by atoms with van der Waals surface area (Å²) in [5.41, 5.74) is 0. The molecule has 2 unspecified atom stereocenters. The lowest BCUT2D eigenvalue weighted by Gasteiger charge is -2.30. The van der Waals surface area contributed by atoms with Crippen molar-refractivity contribution in [1.29, 1.82) is 0 Å². The van der Waals surface area contributed by atoms with Gasteiger partial charge in [-0.05, 0) is 51.4 Å². The molecule has 0 aliphatic rings. The molecule has 0 radical (unpaired) electrons. The van der Waals surface area contributed by atoms with Crippen LogP contribution in [0.25, 0.3) is 0 Å². The van der Waals surface area contributed by atoms with Crippen molar-refractivity contribution in [2.45, 2.75) is 222 Å². The Morgan fingerprint density at radius 1 is 0.314 bits per heavy atom. The molecule has 0 heterocycles.